The van der Waals surface area contributed by atoms with Crippen LogP contribution in [0.1, 0.15) is 19.4 Å². The predicted octanol–water partition coefficient (Wildman–Crippen LogP) is 2.78. The van der Waals surface area contributed by atoms with E-state index in [0.717, 1.165) is 13.1 Å². The first-order valence-corrected chi connectivity index (χ1v) is 5.44. The van der Waals surface area contributed by atoms with Gasteiger partial charge in [0.1, 0.15) is 0 Å². The van der Waals surface area contributed by atoms with Crippen LogP contribution in [0, 0.1) is 5.82 Å². The summed E-state index contributed by atoms with van der Waals surface area (Å²) in [7, 11) is 0. The van der Waals surface area contributed by atoms with Gasteiger partial charge in [-0.15, -0.1) is 0 Å². The third kappa shape index (κ3) is 2.61. The van der Waals surface area contributed by atoms with Crippen molar-refractivity contribution >= 4 is 17.3 Å². The maximum Gasteiger partial charge on any atom is 0.151 e. The quantitative estimate of drug-likeness (QED) is 0.862. The molecule has 0 spiro atoms. The minimum absolute atomic E-state index is 0.167. The lowest BCUT2D eigenvalue weighted by Gasteiger charge is -2.22. The van der Waals surface area contributed by atoms with Crippen LogP contribution in [0.15, 0.2) is 12.1 Å². The van der Waals surface area contributed by atoms with E-state index >= 15 is 0 Å². The van der Waals surface area contributed by atoms with Gasteiger partial charge in [-0.3, -0.25) is 0 Å². The molecule has 0 unspecified atom stereocenters. The molecule has 0 radical (unpaired) electrons. The maximum absolute atomic E-state index is 13.9. The van der Waals surface area contributed by atoms with E-state index in [9.17, 15) is 4.39 Å². The molecule has 0 aromatic heterocycles. The number of rotatable bonds is 4. The van der Waals surface area contributed by atoms with E-state index in [-0.39, 0.29) is 12.4 Å². The normalized spacial score (nSPS) is 10.5. The molecule has 0 saturated carbocycles. The summed E-state index contributed by atoms with van der Waals surface area (Å²) >= 11 is 5.91. The molecule has 84 valence electrons. The van der Waals surface area contributed by atoms with Crippen molar-refractivity contribution in [2.45, 2.75) is 20.4 Å². The smallest absolute Gasteiger partial charge is 0.151 e. The Morgan fingerprint density at radius 2 is 1.93 bits per heavy atom. The average molecular weight is 231 g/mol. The highest BCUT2D eigenvalue weighted by Crippen LogP contribution is 2.26. The van der Waals surface area contributed by atoms with Crippen molar-refractivity contribution in [3.63, 3.8) is 0 Å². The third-order valence-electron chi connectivity index (χ3n) is 2.42. The summed E-state index contributed by atoms with van der Waals surface area (Å²) in [5, 5.41) is 0.527. The SMILES string of the molecule is CCN(CC)c1cc(Cl)cc(CN)c1F. The van der Waals surface area contributed by atoms with Gasteiger partial charge in [-0.05, 0) is 26.0 Å². The molecule has 4 heteroatoms. The molecule has 0 aliphatic rings. The minimum Gasteiger partial charge on any atom is -0.370 e. The van der Waals surface area contributed by atoms with Crippen LogP contribution in [0.5, 0.6) is 0 Å². The Hall–Kier alpha value is -0.800. The highest BCUT2D eigenvalue weighted by molar-refractivity contribution is 6.30. The number of hydrogen-bond acceptors (Lipinski definition) is 2. The van der Waals surface area contributed by atoms with Gasteiger partial charge in [-0.1, -0.05) is 11.6 Å². The molecule has 2 nitrogen and oxygen atoms in total. The summed E-state index contributed by atoms with van der Waals surface area (Å²) in [4.78, 5) is 1.92. The molecule has 0 bridgehead atoms. The van der Waals surface area contributed by atoms with Crippen LogP contribution in [0.4, 0.5) is 10.1 Å². The Bertz CT molecular complexity index is 338. The van der Waals surface area contributed by atoms with E-state index in [0.29, 0.717) is 16.3 Å². The summed E-state index contributed by atoms with van der Waals surface area (Å²) in [6.07, 6.45) is 0. The number of halogens is 2. The van der Waals surface area contributed by atoms with Crippen molar-refractivity contribution in [1.82, 2.24) is 0 Å². The number of anilines is 1. The molecule has 0 atom stereocenters. The second-order valence-corrected chi connectivity index (χ2v) is 3.71. The lowest BCUT2D eigenvalue weighted by Crippen LogP contribution is -2.23. The molecule has 2 N–H and O–H groups in total. The van der Waals surface area contributed by atoms with Crippen molar-refractivity contribution in [3.05, 3.63) is 28.5 Å². The summed E-state index contributed by atoms with van der Waals surface area (Å²) in [5.41, 5.74) is 6.45. The minimum atomic E-state index is -0.259. The molecule has 1 aromatic rings. The van der Waals surface area contributed by atoms with Crippen LogP contribution in [-0.4, -0.2) is 13.1 Å². The predicted molar refractivity (Wildman–Crippen MR) is 62.9 cm³/mol. The van der Waals surface area contributed by atoms with Crippen molar-refractivity contribution in [2.24, 2.45) is 5.73 Å². The Balaban J connectivity index is 3.21. The Kier molecular flexibility index (Phi) is 4.36. The lowest BCUT2D eigenvalue weighted by atomic mass is 10.1. The molecule has 0 aliphatic heterocycles. The van der Waals surface area contributed by atoms with Gasteiger partial charge < -0.3 is 10.6 Å². The van der Waals surface area contributed by atoms with Gasteiger partial charge in [0.2, 0.25) is 0 Å². The molecule has 0 heterocycles. The average Bonchev–Trinajstić information content (AvgIpc) is 2.24. The fourth-order valence-electron chi connectivity index (χ4n) is 1.57. The topological polar surface area (TPSA) is 29.3 Å². The standard InChI is InChI=1S/C11H16ClFN2/c1-3-15(4-2)10-6-9(12)5-8(7-14)11(10)13/h5-6H,3-4,7,14H2,1-2H3. The first-order chi connectivity index (χ1) is 7.13. The first kappa shape index (κ1) is 12.3. The Labute approximate surface area is 94.8 Å². The maximum atomic E-state index is 13.9. The lowest BCUT2D eigenvalue weighted by molar-refractivity contribution is 0.604. The Morgan fingerprint density at radius 3 is 2.40 bits per heavy atom. The first-order valence-electron chi connectivity index (χ1n) is 5.06. The van der Waals surface area contributed by atoms with Crippen molar-refractivity contribution in [2.75, 3.05) is 18.0 Å². The fraction of sp³-hybridized carbons (Fsp3) is 0.455. The van der Waals surface area contributed by atoms with Gasteiger partial charge in [0.15, 0.2) is 5.82 Å². The van der Waals surface area contributed by atoms with Gasteiger partial charge in [0, 0.05) is 30.2 Å². The van der Waals surface area contributed by atoms with Crippen LogP contribution >= 0.6 is 11.6 Å². The second kappa shape index (κ2) is 5.33. The number of hydrogen-bond donors (Lipinski definition) is 1. The molecular weight excluding hydrogens is 215 g/mol. The number of nitrogens with two attached hydrogens (primary N) is 1. The summed E-state index contributed by atoms with van der Waals surface area (Å²) in [6.45, 7) is 5.62. The largest absolute Gasteiger partial charge is 0.370 e. The second-order valence-electron chi connectivity index (χ2n) is 3.27. The molecule has 0 saturated heterocycles. The molecular formula is C11H16ClFN2. The molecule has 15 heavy (non-hydrogen) atoms. The van der Waals surface area contributed by atoms with E-state index in [4.69, 9.17) is 17.3 Å². The van der Waals surface area contributed by atoms with Crippen LogP contribution in [-0.2, 0) is 6.54 Å². The molecule has 0 amide bonds. The highest BCUT2D eigenvalue weighted by atomic mass is 35.5. The number of benzene rings is 1. The highest BCUT2D eigenvalue weighted by Gasteiger charge is 2.13. The van der Waals surface area contributed by atoms with Gasteiger partial charge in [-0.25, -0.2) is 4.39 Å². The van der Waals surface area contributed by atoms with E-state index < -0.39 is 0 Å². The molecule has 0 aliphatic carbocycles. The van der Waals surface area contributed by atoms with E-state index in [1.165, 1.54) is 0 Å². The number of nitrogens with zero attached hydrogens (tertiary/aromatic N) is 1. The zero-order valence-corrected chi connectivity index (χ0v) is 9.81. The van der Waals surface area contributed by atoms with Crippen LogP contribution in [0.2, 0.25) is 5.02 Å². The van der Waals surface area contributed by atoms with E-state index in [2.05, 4.69) is 0 Å². The van der Waals surface area contributed by atoms with Crippen molar-refractivity contribution in [1.29, 1.82) is 0 Å². The molecule has 0 fully saturated rings. The van der Waals surface area contributed by atoms with E-state index in [1.807, 2.05) is 18.7 Å². The van der Waals surface area contributed by atoms with Gasteiger partial charge in [0.25, 0.3) is 0 Å². The van der Waals surface area contributed by atoms with Crippen LogP contribution in [0.3, 0.4) is 0 Å². The van der Waals surface area contributed by atoms with Crippen LogP contribution < -0.4 is 10.6 Å². The summed E-state index contributed by atoms with van der Waals surface area (Å²) in [5.74, 6) is -0.259. The third-order valence-corrected chi connectivity index (χ3v) is 2.64. The van der Waals surface area contributed by atoms with Gasteiger partial charge in [0.05, 0.1) is 5.69 Å². The molecule has 1 aromatic carbocycles. The van der Waals surface area contributed by atoms with Crippen LogP contribution in [0.25, 0.3) is 0 Å². The Morgan fingerprint density at radius 1 is 1.33 bits per heavy atom. The zero-order chi connectivity index (χ0) is 11.4. The fourth-order valence-corrected chi connectivity index (χ4v) is 1.81. The van der Waals surface area contributed by atoms with Gasteiger partial charge >= 0.3 is 0 Å². The summed E-state index contributed by atoms with van der Waals surface area (Å²) in [6, 6.07) is 3.22. The molecule has 1 rings (SSSR count). The van der Waals surface area contributed by atoms with Crippen molar-refractivity contribution in [3.8, 4) is 0 Å². The zero-order valence-electron chi connectivity index (χ0n) is 9.06. The van der Waals surface area contributed by atoms with Gasteiger partial charge in [-0.2, -0.15) is 0 Å². The van der Waals surface area contributed by atoms with Crippen molar-refractivity contribution < 1.29 is 4.39 Å². The van der Waals surface area contributed by atoms with E-state index in [1.54, 1.807) is 12.1 Å². The monoisotopic (exact) mass is 230 g/mol. The summed E-state index contributed by atoms with van der Waals surface area (Å²) < 4.78 is 13.9.